The molecule has 3 N–H and O–H groups in total. The maximum absolute atomic E-state index is 12.2. The molecule has 2 aliphatic rings. The molecule has 1 aliphatic heterocycles. The van der Waals surface area contributed by atoms with Crippen molar-refractivity contribution in [2.24, 2.45) is 4.99 Å². The summed E-state index contributed by atoms with van der Waals surface area (Å²) in [5.74, 6) is 2.25. The Hall–Kier alpha value is -2.64. The van der Waals surface area contributed by atoms with E-state index in [0.29, 0.717) is 12.0 Å². The summed E-state index contributed by atoms with van der Waals surface area (Å²) in [5, 5.41) is 9.71. The fraction of sp³-hybridized carbons (Fsp3) is 0.636. The van der Waals surface area contributed by atoms with Crippen molar-refractivity contribution in [3.63, 3.8) is 0 Å². The molecule has 1 aromatic carbocycles. The lowest BCUT2D eigenvalue weighted by Crippen LogP contribution is -2.49. The summed E-state index contributed by atoms with van der Waals surface area (Å²) in [5.41, 5.74) is 1.07. The summed E-state index contributed by atoms with van der Waals surface area (Å²) in [6.45, 7) is 2.00. The number of benzene rings is 1. The summed E-state index contributed by atoms with van der Waals surface area (Å²) in [6.07, 6.45) is 6.85. The molecule has 8 heteroatoms. The molecule has 2 fully saturated rings. The van der Waals surface area contributed by atoms with Crippen molar-refractivity contribution in [3.05, 3.63) is 18.2 Å². The number of carbonyl (C=O) groups excluding carboxylic acids is 1. The maximum Gasteiger partial charge on any atom is 0.239 e. The van der Waals surface area contributed by atoms with Crippen LogP contribution in [-0.2, 0) is 4.79 Å². The van der Waals surface area contributed by atoms with Gasteiger partial charge in [0.25, 0.3) is 0 Å². The van der Waals surface area contributed by atoms with Crippen molar-refractivity contribution in [1.82, 2.24) is 16.0 Å². The molecule has 30 heavy (non-hydrogen) atoms. The van der Waals surface area contributed by atoms with Crippen LogP contribution < -0.4 is 30.3 Å². The van der Waals surface area contributed by atoms with Crippen LogP contribution in [-0.4, -0.2) is 64.9 Å². The second-order valence-corrected chi connectivity index (χ2v) is 7.98. The van der Waals surface area contributed by atoms with E-state index in [1.165, 1.54) is 19.3 Å². The Kier molecular flexibility index (Phi) is 8.04. The normalized spacial score (nSPS) is 20.0. The first-order valence-corrected chi connectivity index (χ1v) is 10.9. The third-order valence-electron chi connectivity index (χ3n) is 5.84. The third-order valence-corrected chi connectivity index (χ3v) is 5.84. The molecule has 1 saturated carbocycles. The molecule has 1 amide bonds. The van der Waals surface area contributed by atoms with Crippen LogP contribution in [0.1, 0.15) is 38.5 Å². The van der Waals surface area contributed by atoms with Crippen LogP contribution in [0.25, 0.3) is 0 Å². The van der Waals surface area contributed by atoms with E-state index in [0.717, 1.165) is 49.5 Å². The number of nitrogens with one attached hydrogen (secondary N) is 3. The van der Waals surface area contributed by atoms with Crippen LogP contribution >= 0.6 is 0 Å². The number of methoxy groups -OCH3 is 2. The Labute approximate surface area is 179 Å². The summed E-state index contributed by atoms with van der Waals surface area (Å²) in [6, 6.07) is 6.49. The van der Waals surface area contributed by atoms with Crippen molar-refractivity contribution in [2.45, 2.75) is 50.6 Å². The number of guanidine groups is 1. The molecule has 1 atom stereocenters. The van der Waals surface area contributed by atoms with Gasteiger partial charge in [0.1, 0.15) is 11.5 Å². The molecule has 8 nitrogen and oxygen atoms in total. The molecule has 1 saturated heterocycles. The van der Waals surface area contributed by atoms with Crippen LogP contribution in [0.5, 0.6) is 11.5 Å². The number of hydrogen-bond acceptors (Lipinski definition) is 5. The van der Waals surface area contributed by atoms with Crippen LogP contribution in [0.15, 0.2) is 23.2 Å². The van der Waals surface area contributed by atoms with Gasteiger partial charge in [-0.2, -0.15) is 0 Å². The summed E-state index contributed by atoms with van der Waals surface area (Å²) >= 11 is 0. The lowest BCUT2D eigenvalue weighted by atomic mass is 9.95. The smallest absolute Gasteiger partial charge is 0.239 e. The number of carbonyl (C=O) groups is 1. The Morgan fingerprint density at radius 1 is 1.03 bits per heavy atom. The van der Waals surface area contributed by atoms with Gasteiger partial charge in [0.05, 0.1) is 20.8 Å². The second kappa shape index (κ2) is 10.9. The molecule has 166 valence electrons. The molecular weight excluding hydrogens is 382 g/mol. The minimum absolute atomic E-state index is 0.0291. The lowest BCUT2D eigenvalue weighted by molar-refractivity contribution is -0.120. The monoisotopic (exact) mass is 417 g/mol. The average molecular weight is 418 g/mol. The highest BCUT2D eigenvalue weighted by atomic mass is 16.5. The first kappa shape index (κ1) is 22.1. The lowest BCUT2D eigenvalue weighted by Gasteiger charge is -2.23. The summed E-state index contributed by atoms with van der Waals surface area (Å²) in [7, 11) is 5.05. The van der Waals surface area contributed by atoms with E-state index in [9.17, 15) is 4.79 Å². The first-order chi connectivity index (χ1) is 14.6. The fourth-order valence-corrected chi connectivity index (χ4v) is 4.17. The van der Waals surface area contributed by atoms with E-state index >= 15 is 0 Å². The summed E-state index contributed by atoms with van der Waals surface area (Å²) < 4.78 is 10.8. The Bertz CT molecular complexity index is 711. The van der Waals surface area contributed by atoms with Gasteiger partial charge in [-0.3, -0.25) is 9.79 Å². The van der Waals surface area contributed by atoms with Crippen LogP contribution in [0.3, 0.4) is 0 Å². The standard InChI is InChI=1S/C22H35N5O3/c1-23-22(24-14-21(28)25-16-7-5-4-6-8-16)26-17-9-10-27(15-17)18-11-19(29-2)13-20(12-18)30-3/h11-13,16-17H,4-10,14-15H2,1-3H3,(H,25,28)(H2,23,24,26). The third kappa shape index (κ3) is 6.18. The van der Waals surface area contributed by atoms with E-state index < -0.39 is 0 Å². The number of hydrogen-bond donors (Lipinski definition) is 3. The van der Waals surface area contributed by atoms with Gasteiger partial charge < -0.3 is 30.3 Å². The predicted molar refractivity (Wildman–Crippen MR) is 120 cm³/mol. The van der Waals surface area contributed by atoms with E-state index in [1.54, 1.807) is 21.3 Å². The number of rotatable bonds is 7. The fourth-order valence-electron chi connectivity index (χ4n) is 4.17. The predicted octanol–water partition coefficient (Wildman–Crippen LogP) is 1.90. The highest BCUT2D eigenvalue weighted by molar-refractivity contribution is 5.86. The van der Waals surface area contributed by atoms with Gasteiger partial charge >= 0.3 is 0 Å². The largest absolute Gasteiger partial charge is 0.497 e. The molecule has 0 spiro atoms. The second-order valence-electron chi connectivity index (χ2n) is 7.98. The van der Waals surface area contributed by atoms with Gasteiger partial charge in [0.2, 0.25) is 5.91 Å². The van der Waals surface area contributed by atoms with E-state index in [2.05, 4.69) is 25.8 Å². The van der Waals surface area contributed by atoms with Crippen molar-refractivity contribution in [3.8, 4) is 11.5 Å². The van der Waals surface area contributed by atoms with Gasteiger partial charge in [0.15, 0.2) is 5.96 Å². The van der Waals surface area contributed by atoms with Gasteiger partial charge in [-0.05, 0) is 19.3 Å². The zero-order valence-corrected chi connectivity index (χ0v) is 18.4. The van der Waals surface area contributed by atoms with Crippen LogP contribution in [0.2, 0.25) is 0 Å². The Balaban J connectivity index is 1.47. The van der Waals surface area contributed by atoms with Crippen molar-refractivity contribution in [1.29, 1.82) is 0 Å². The van der Waals surface area contributed by atoms with Crippen molar-refractivity contribution >= 4 is 17.6 Å². The molecule has 0 radical (unpaired) electrons. The zero-order chi connectivity index (χ0) is 21.3. The number of anilines is 1. The molecule has 0 bridgehead atoms. The van der Waals surface area contributed by atoms with Gasteiger partial charge in [0, 0.05) is 56.1 Å². The summed E-state index contributed by atoms with van der Waals surface area (Å²) in [4.78, 5) is 18.8. The zero-order valence-electron chi connectivity index (χ0n) is 18.4. The maximum atomic E-state index is 12.2. The topological polar surface area (TPSA) is 87.2 Å². The molecule has 3 rings (SSSR count). The first-order valence-electron chi connectivity index (χ1n) is 10.9. The average Bonchev–Trinajstić information content (AvgIpc) is 3.25. The van der Waals surface area contributed by atoms with E-state index in [1.807, 2.05) is 18.2 Å². The van der Waals surface area contributed by atoms with E-state index in [4.69, 9.17) is 9.47 Å². The Morgan fingerprint density at radius 3 is 2.37 bits per heavy atom. The number of ether oxygens (including phenoxy) is 2. The van der Waals surface area contributed by atoms with Crippen LogP contribution in [0.4, 0.5) is 5.69 Å². The van der Waals surface area contributed by atoms with Crippen molar-refractivity contribution in [2.75, 3.05) is 45.8 Å². The minimum atomic E-state index is 0.0291. The molecule has 1 heterocycles. The quantitative estimate of drug-likeness (QED) is 0.464. The van der Waals surface area contributed by atoms with Crippen molar-refractivity contribution < 1.29 is 14.3 Å². The molecule has 1 aliphatic carbocycles. The molecule has 0 aromatic heterocycles. The molecule has 1 aromatic rings. The van der Waals surface area contributed by atoms with Gasteiger partial charge in [-0.15, -0.1) is 0 Å². The highest BCUT2D eigenvalue weighted by Crippen LogP contribution is 2.30. The molecular formula is C22H35N5O3. The van der Waals surface area contributed by atoms with Gasteiger partial charge in [-0.25, -0.2) is 0 Å². The number of amides is 1. The number of nitrogens with zero attached hydrogens (tertiary/aromatic N) is 2. The SMILES string of the molecule is CN=C(NCC(=O)NC1CCCCC1)NC1CCN(c2cc(OC)cc(OC)c2)C1. The molecule has 1 unspecified atom stereocenters. The van der Waals surface area contributed by atoms with Crippen LogP contribution in [0, 0.1) is 0 Å². The highest BCUT2D eigenvalue weighted by Gasteiger charge is 2.24. The Morgan fingerprint density at radius 2 is 1.73 bits per heavy atom. The number of aliphatic imine (C=N–C) groups is 1. The minimum Gasteiger partial charge on any atom is -0.497 e. The van der Waals surface area contributed by atoms with E-state index in [-0.39, 0.29) is 18.5 Å². The van der Waals surface area contributed by atoms with Gasteiger partial charge in [-0.1, -0.05) is 19.3 Å².